The van der Waals surface area contributed by atoms with Gasteiger partial charge in [0.05, 0.1) is 12.8 Å². The standard InChI is InChI=1S/C12H11N3O2S/c1-15-5-3-4-7(15)9-8(6-13)18-11(14)10(9)12(16)17-2/h3-5H,14H2,1-2H3. The fourth-order valence-electron chi connectivity index (χ4n) is 1.80. The molecule has 92 valence electrons. The summed E-state index contributed by atoms with van der Waals surface area (Å²) in [6.07, 6.45) is 1.84. The van der Waals surface area contributed by atoms with Gasteiger partial charge >= 0.3 is 5.97 Å². The number of aromatic nitrogens is 1. The molecule has 2 aromatic rings. The van der Waals surface area contributed by atoms with Crippen molar-refractivity contribution >= 4 is 22.3 Å². The minimum Gasteiger partial charge on any atom is -0.465 e. The first-order valence-electron chi connectivity index (χ1n) is 5.12. The van der Waals surface area contributed by atoms with Crippen LogP contribution in [-0.4, -0.2) is 17.6 Å². The molecule has 0 atom stereocenters. The van der Waals surface area contributed by atoms with Crippen LogP contribution in [0.15, 0.2) is 18.3 Å². The number of anilines is 1. The van der Waals surface area contributed by atoms with E-state index in [9.17, 15) is 4.79 Å². The Kier molecular flexibility index (Phi) is 3.08. The maximum absolute atomic E-state index is 11.8. The molecule has 5 nitrogen and oxygen atoms in total. The predicted molar refractivity (Wildman–Crippen MR) is 69.2 cm³/mol. The quantitative estimate of drug-likeness (QED) is 0.838. The number of methoxy groups -OCH3 is 1. The first-order valence-corrected chi connectivity index (χ1v) is 5.94. The zero-order valence-corrected chi connectivity index (χ0v) is 10.7. The summed E-state index contributed by atoms with van der Waals surface area (Å²) >= 11 is 1.09. The highest BCUT2D eigenvalue weighted by Gasteiger charge is 2.25. The molecule has 0 unspecified atom stereocenters. The van der Waals surface area contributed by atoms with Crippen LogP contribution >= 0.6 is 11.3 Å². The molecule has 2 rings (SSSR count). The number of thiophene rings is 1. The van der Waals surface area contributed by atoms with Crippen LogP contribution in [0, 0.1) is 11.3 Å². The molecule has 0 bridgehead atoms. The van der Waals surface area contributed by atoms with Gasteiger partial charge < -0.3 is 15.0 Å². The highest BCUT2D eigenvalue weighted by molar-refractivity contribution is 7.17. The number of ether oxygens (including phenoxy) is 1. The first-order chi connectivity index (χ1) is 8.60. The van der Waals surface area contributed by atoms with E-state index < -0.39 is 5.97 Å². The average molecular weight is 261 g/mol. The van der Waals surface area contributed by atoms with Gasteiger partial charge in [0, 0.05) is 18.8 Å². The molecule has 0 saturated carbocycles. The number of carbonyl (C=O) groups is 1. The molecule has 0 aliphatic heterocycles. The third-order valence-corrected chi connectivity index (χ3v) is 3.55. The zero-order valence-electron chi connectivity index (χ0n) is 9.93. The van der Waals surface area contributed by atoms with Gasteiger partial charge in [-0.05, 0) is 12.1 Å². The van der Waals surface area contributed by atoms with E-state index in [-0.39, 0.29) is 5.56 Å². The normalized spacial score (nSPS) is 10.1. The van der Waals surface area contributed by atoms with E-state index in [1.165, 1.54) is 7.11 Å². The third-order valence-electron chi connectivity index (χ3n) is 2.63. The first kappa shape index (κ1) is 12.2. The Morgan fingerprint density at radius 2 is 2.33 bits per heavy atom. The Balaban J connectivity index is 2.76. The smallest absolute Gasteiger partial charge is 0.341 e. The zero-order chi connectivity index (χ0) is 13.3. The van der Waals surface area contributed by atoms with Gasteiger partial charge in [-0.3, -0.25) is 0 Å². The molecule has 2 aromatic heterocycles. The number of hydrogen-bond acceptors (Lipinski definition) is 5. The number of nitrogen functional groups attached to an aromatic ring is 1. The Bertz CT molecular complexity index is 649. The van der Waals surface area contributed by atoms with E-state index in [4.69, 9.17) is 15.7 Å². The second kappa shape index (κ2) is 4.55. The van der Waals surface area contributed by atoms with E-state index in [2.05, 4.69) is 6.07 Å². The largest absolute Gasteiger partial charge is 0.465 e. The van der Waals surface area contributed by atoms with Crippen LogP contribution < -0.4 is 5.73 Å². The average Bonchev–Trinajstić information content (AvgIpc) is 2.91. The molecule has 6 heteroatoms. The second-order valence-corrected chi connectivity index (χ2v) is 4.71. The summed E-state index contributed by atoms with van der Waals surface area (Å²) in [5.74, 6) is -0.526. The Morgan fingerprint density at radius 1 is 1.61 bits per heavy atom. The van der Waals surface area contributed by atoms with Gasteiger partial charge in [0.15, 0.2) is 0 Å². The second-order valence-electron chi connectivity index (χ2n) is 3.65. The van der Waals surface area contributed by atoms with Crippen LogP contribution in [0.4, 0.5) is 5.00 Å². The molecule has 2 N–H and O–H groups in total. The summed E-state index contributed by atoms with van der Waals surface area (Å²) in [4.78, 5) is 12.2. The van der Waals surface area contributed by atoms with E-state index in [0.29, 0.717) is 15.4 Å². The summed E-state index contributed by atoms with van der Waals surface area (Å²) in [5.41, 5.74) is 7.38. The van der Waals surface area contributed by atoms with Crippen molar-refractivity contribution in [2.75, 3.05) is 12.8 Å². The third kappa shape index (κ3) is 1.75. The Labute approximate surface area is 108 Å². The lowest BCUT2D eigenvalue weighted by Crippen LogP contribution is -2.05. The molecule has 0 aliphatic rings. The van der Waals surface area contributed by atoms with Crippen LogP contribution in [0.3, 0.4) is 0 Å². The monoisotopic (exact) mass is 261 g/mol. The van der Waals surface area contributed by atoms with Crippen LogP contribution in [0.5, 0.6) is 0 Å². The SMILES string of the molecule is COC(=O)c1c(N)sc(C#N)c1-c1cccn1C. The lowest BCUT2D eigenvalue weighted by atomic mass is 10.1. The number of nitrogens with two attached hydrogens (primary N) is 1. The number of hydrogen-bond donors (Lipinski definition) is 1. The van der Waals surface area contributed by atoms with Gasteiger partial charge in [-0.25, -0.2) is 4.79 Å². The maximum Gasteiger partial charge on any atom is 0.341 e. The fourth-order valence-corrected chi connectivity index (χ4v) is 2.66. The number of carbonyl (C=O) groups excluding carboxylic acids is 1. The van der Waals surface area contributed by atoms with Crippen molar-refractivity contribution in [1.29, 1.82) is 5.26 Å². The van der Waals surface area contributed by atoms with Crippen molar-refractivity contribution in [3.8, 4) is 17.3 Å². The minimum absolute atomic E-state index is 0.265. The van der Waals surface area contributed by atoms with Crippen molar-refractivity contribution in [2.45, 2.75) is 0 Å². The molecule has 0 amide bonds. The summed E-state index contributed by atoms with van der Waals surface area (Å²) in [5, 5.41) is 9.44. The lowest BCUT2D eigenvalue weighted by Gasteiger charge is -2.05. The number of aryl methyl sites for hydroxylation is 1. The number of nitrogens with zero attached hydrogens (tertiary/aromatic N) is 2. The molecule has 0 spiro atoms. The van der Waals surface area contributed by atoms with E-state index in [1.807, 2.05) is 29.9 Å². The molecule has 2 heterocycles. The molecule has 18 heavy (non-hydrogen) atoms. The molecule has 0 saturated heterocycles. The fraction of sp³-hybridized carbons (Fsp3) is 0.167. The molecule has 0 fully saturated rings. The molecular weight excluding hydrogens is 250 g/mol. The Hall–Kier alpha value is -2.26. The number of nitriles is 1. The lowest BCUT2D eigenvalue weighted by molar-refractivity contribution is 0.0603. The van der Waals surface area contributed by atoms with E-state index >= 15 is 0 Å². The molecule has 0 aliphatic carbocycles. The maximum atomic E-state index is 11.8. The summed E-state index contributed by atoms with van der Waals surface area (Å²) in [7, 11) is 3.13. The van der Waals surface area contributed by atoms with Crippen molar-refractivity contribution in [1.82, 2.24) is 4.57 Å². The van der Waals surface area contributed by atoms with Gasteiger partial charge in [0.25, 0.3) is 0 Å². The van der Waals surface area contributed by atoms with Crippen LogP contribution in [0.25, 0.3) is 11.3 Å². The topological polar surface area (TPSA) is 81.0 Å². The summed E-state index contributed by atoms with van der Waals surface area (Å²) in [6.45, 7) is 0. The predicted octanol–water partition coefficient (Wildman–Crippen LogP) is 1.99. The van der Waals surface area contributed by atoms with E-state index in [0.717, 1.165) is 17.0 Å². The van der Waals surface area contributed by atoms with Gasteiger partial charge in [-0.2, -0.15) is 5.26 Å². The molecule has 0 aromatic carbocycles. The number of esters is 1. The highest BCUT2D eigenvalue weighted by Crippen LogP contribution is 2.38. The number of rotatable bonds is 2. The van der Waals surface area contributed by atoms with Gasteiger partial charge in [0.2, 0.25) is 0 Å². The van der Waals surface area contributed by atoms with Crippen molar-refractivity contribution in [3.63, 3.8) is 0 Å². The van der Waals surface area contributed by atoms with Crippen molar-refractivity contribution in [2.24, 2.45) is 7.05 Å². The van der Waals surface area contributed by atoms with Gasteiger partial charge in [-0.15, -0.1) is 11.3 Å². The summed E-state index contributed by atoms with van der Waals surface area (Å²) < 4.78 is 6.55. The van der Waals surface area contributed by atoms with Crippen molar-refractivity contribution < 1.29 is 9.53 Å². The van der Waals surface area contributed by atoms with Gasteiger partial charge in [0.1, 0.15) is 21.5 Å². The van der Waals surface area contributed by atoms with Gasteiger partial charge in [-0.1, -0.05) is 0 Å². The van der Waals surface area contributed by atoms with Crippen LogP contribution in [-0.2, 0) is 11.8 Å². The molecular formula is C12H11N3O2S. The van der Waals surface area contributed by atoms with Crippen molar-refractivity contribution in [3.05, 3.63) is 28.8 Å². The minimum atomic E-state index is -0.526. The Morgan fingerprint density at radius 3 is 2.83 bits per heavy atom. The summed E-state index contributed by atoms with van der Waals surface area (Å²) in [6, 6.07) is 5.74. The van der Waals surface area contributed by atoms with Crippen LogP contribution in [0.1, 0.15) is 15.2 Å². The van der Waals surface area contributed by atoms with E-state index in [1.54, 1.807) is 0 Å². The molecule has 0 radical (unpaired) electrons. The van der Waals surface area contributed by atoms with Crippen LogP contribution in [0.2, 0.25) is 0 Å². The highest BCUT2D eigenvalue weighted by atomic mass is 32.1.